The van der Waals surface area contributed by atoms with Gasteiger partial charge in [-0.25, -0.2) is 0 Å². The van der Waals surface area contributed by atoms with Gasteiger partial charge in [0.05, 0.1) is 0 Å². The lowest BCUT2D eigenvalue weighted by Crippen LogP contribution is -2.00. The molecule has 0 aliphatic carbocycles. The van der Waals surface area contributed by atoms with Gasteiger partial charge in [-0.3, -0.25) is 4.98 Å². The van der Waals surface area contributed by atoms with Crippen molar-refractivity contribution >= 4 is 28.1 Å². The number of anilines is 1. The SMILES string of the molecule is Cc1ccc(NCc2cncc3ccccc23)cc1Cl. The molecule has 3 heteroatoms. The van der Waals surface area contributed by atoms with Crippen LogP contribution in [0.3, 0.4) is 0 Å². The van der Waals surface area contributed by atoms with Crippen LogP contribution in [0.2, 0.25) is 5.02 Å². The van der Waals surface area contributed by atoms with E-state index in [9.17, 15) is 0 Å². The van der Waals surface area contributed by atoms with Crippen molar-refractivity contribution in [3.63, 3.8) is 0 Å². The Balaban J connectivity index is 1.85. The van der Waals surface area contributed by atoms with E-state index in [-0.39, 0.29) is 0 Å². The van der Waals surface area contributed by atoms with Gasteiger partial charge >= 0.3 is 0 Å². The number of hydrogen-bond acceptors (Lipinski definition) is 2. The Morgan fingerprint density at radius 1 is 1.10 bits per heavy atom. The van der Waals surface area contributed by atoms with Gasteiger partial charge in [0.25, 0.3) is 0 Å². The predicted octanol–water partition coefficient (Wildman–Crippen LogP) is 4.81. The van der Waals surface area contributed by atoms with Crippen LogP contribution in [0.25, 0.3) is 10.8 Å². The van der Waals surface area contributed by atoms with Crippen LogP contribution in [0.4, 0.5) is 5.69 Å². The summed E-state index contributed by atoms with van der Waals surface area (Å²) in [5.41, 5.74) is 3.29. The van der Waals surface area contributed by atoms with Crippen molar-refractivity contribution in [3.05, 3.63) is 71.0 Å². The molecule has 1 aromatic heterocycles. The second kappa shape index (κ2) is 5.51. The van der Waals surface area contributed by atoms with Crippen LogP contribution >= 0.6 is 11.6 Å². The molecule has 3 rings (SSSR count). The summed E-state index contributed by atoms with van der Waals surface area (Å²) in [6.07, 6.45) is 3.80. The Hall–Kier alpha value is -2.06. The van der Waals surface area contributed by atoms with E-state index in [1.165, 1.54) is 10.9 Å². The van der Waals surface area contributed by atoms with Crippen molar-refractivity contribution in [2.24, 2.45) is 0 Å². The molecule has 0 unspecified atom stereocenters. The van der Waals surface area contributed by atoms with E-state index in [0.29, 0.717) is 0 Å². The number of hydrogen-bond donors (Lipinski definition) is 1. The highest BCUT2D eigenvalue weighted by Gasteiger charge is 2.02. The Labute approximate surface area is 123 Å². The van der Waals surface area contributed by atoms with Crippen LogP contribution in [0.1, 0.15) is 11.1 Å². The third-order valence-corrected chi connectivity index (χ3v) is 3.81. The zero-order valence-electron chi connectivity index (χ0n) is 11.2. The van der Waals surface area contributed by atoms with Gasteiger partial charge in [0.1, 0.15) is 0 Å². The maximum absolute atomic E-state index is 6.14. The molecule has 1 N–H and O–H groups in total. The lowest BCUT2D eigenvalue weighted by Gasteiger charge is -2.10. The number of benzene rings is 2. The highest BCUT2D eigenvalue weighted by atomic mass is 35.5. The van der Waals surface area contributed by atoms with Gasteiger partial charge in [0.2, 0.25) is 0 Å². The molecule has 0 bridgehead atoms. The average molecular weight is 283 g/mol. The van der Waals surface area contributed by atoms with E-state index in [4.69, 9.17) is 11.6 Å². The molecule has 0 aliphatic heterocycles. The fraction of sp³-hybridized carbons (Fsp3) is 0.118. The summed E-state index contributed by atoms with van der Waals surface area (Å²) in [5.74, 6) is 0. The van der Waals surface area contributed by atoms with Crippen LogP contribution in [0.15, 0.2) is 54.9 Å². The van der Waals surface area contributed by atoms with Crippen molar-refractivity contribution in [2.75, 3.05) is 5.32 Å². The first kappa shape index (κ1) is 12.9. The van der Waals surface area contributed by atoms with Gasteiger partial charge in [-0.15, -0.1) is 0 Å². The summed E-state index contributed by atoms with van der Waals surface area (Å²) >= 11 is 6.14. The summed E-state index contributed by atoms with van der Waals surface area (Å²) in [7, 11) is 0. The lowest BCUT2D eigenvalue weighted by atomic mass is 10.1. The largest absolute Gasteiger partial charge is 0.381 e. The summed E-state index contributed by atoms with van der Waals surface area (Å²) in [5, 5.41) is 6.57. The van der Waals surface area contributed by atoms with Crippen LogP contribution < -0.4 is 5.32 Å². The number of fused-ring (bicyclic) bond motifs is 1. The summed E-state index contributed by atoms with van der Waals surface area (Å²) < 4.78 is 0. The molecule has 0 saturated heterocycles. The van der Waals surface area contributed by atoms with Gasteiger partial charge in [-0.1, -0.05) is 41.9 Å². The molecule has 2 nitrogen and oxygen atoms in total. The molecule has 0 amide bonds. The quantitative estimate of drug-likeness (QED) is 0.746. The van der Waals surface area contributed by atoms with E-state index in [1.54, 1.807) is 0 Å². The maximum Gasteiger partial charge on any atom is 0.0455 e. The normalized spacial score (nSPS) is 10.7. The molecule has 20 heavy (non-hydrogen) atoms. The predicted molar refractivity (Wildman–Crippen MR) is 85.3 cm³/mol. The molecule has 0 radical (unpaired) electrons. The standard InChI is InChI=1S/C17H15ClN2/c1-12-6-7-15(8-17(12)18)20-11-14-10-19-9-13-4-2-3-5-16(13)14/h2-10,20H,11H2,1H3. The van der Waals surface area contributed by atoms with Crippen molar-refractivity contribution in [1.82, 2.24) is 4.98 Å². The molecular formula is C17H15ClN2. The van der Waals surface area contributed by atoms with Gasteiger partial charge in [0.15, 0.2) is 0 Å². The maximum atomic E-state index is 6.14. The molecule has 0 saturated carbocycles. The topological polar surface area (TPSA) is 24.9 Å². The second-order valence-electron chi connectivity index (χ2n) is 4.84. The van der Waals surface area contributed by atoms with E-state index in [0.717, 1.165) is 28.2 Å². The van der Waals surface area contributed by atoms with Gasteiger partial charge in [0, 0.05) is 35.0 Å². The second-order valence-corrected chi connectivity index (χ2v) is 5.24. The third kappa shape index (κ3) is 2.61. The molecule has 100 valence electrons. The minimum absolute atomic E-state index is 0.730. The number of halogens is 1. The third-order valence-electron chi connectivity index (χ3n) is 3.41. The van der Waals surface area contributed by atoms with E-state index in [2.05, 4.69) is 28.5 Å². The van der Waals surface area contributed by atoms with Crippen LogP contribution in [-0.2, 0) is 6.54 Å². The molecule has 1 heterocycles. The Kier molecular flexibility index (Phi) is 3.57. The average Bonchev–Trinajstić information content (AvgIpc) is 2.48. The van der Waals surface area contributed by atoms with Crippen LogP contribution in [0, 0.1) is 6.92 Å². The minimum Gasteiger partial charge on any atom is -0.381 e. The van der Waals surface area contributed by atoms with Crippen LogP contribution in [0.5, 0.6) is 0 Å². The molecule has 2 aromatic carbocycles. The molecule has 0 spiro atoms. The number of nitrogens with one attached hydrogen (secondary N) is 1. The zero-order valence-corrected chi connectivity index (χ0v) is 12.0. The van der Waals surface area contributed by atoms with E-state index in [1.807, 2.05) is 43.6 Å². The smallest absolute Gasteiger partial charge is 0.0455 e. The van der Waals surface area contributed by atoms with Gasteiger partial charge < -0.3 is 5.32 Å². The summed E-state index contributed by atoms with van der Waals surface area (Å²) in [6.45, 7) is 2.73. The number of aryl methyl sites for hydroxylation is 1. The fourth-order valence-electron chi connectivity index (χ4n) is 2.22. The Morgan fingerprint density at radius 3 is 2.80 bits per heavy atom. The van der Waals surface area contributed by atoms with Crippen LogP contribution in [-0.4, -0.2) is 4.98 Å². The fourth-order valence-corrected chi connectivity index (χ4v) is 2.40. The Bertz CT molecular complexity index is 748. The molecule has 0 atom stereocenters. The zero-order chi connectivity index (χ0) is 13.9. The molecular weight excluding hydrogens is 268 g/mol. The number of aromatic nitrogens is 1. The van der Waals surface area contributed by atoms with Gasteiger partial charge in [-0.2, -0.15) is 0 Å². The molecule has 0 fully saturated rings. The highest BCUT2D eigenvalue weighted by molar-refractivity contribution is 6.31. The Morgan fingerprint density at radius 2 is 1.95 bits per heavy atom. The number of pyridine rings is 1. The first-order chi connectivity index (χ1) is 9.74. The van der Waals surface area contributed by atoms with Crippen molar-refractivity contribution < 1.29 is 0 Å². The minimum atomic E-state index is 0.730. The first-order valence-corrected chi connectivity index (χ1v) is 6.93. The lowest BCUT2D eigenvalue weighted by molar-refractivity contribution is 1.13. The van der Waals surface area contributed by atoms with Gasteiger partial charge in [-0.05, 0) is 35.6 Å². The highest BCUT2D eigenvalue weighted by Crippen LogP contribution is 2.22. The van der Waals surface area contributed by atoms with Crippen molar-refractivity contribution in [1.29, 1.82) is 0 Å². The summed E-state index contributed by atoms with van der Waals surface area (Å²) in [6, 6.07) is 14.3. The van der Waals surface area contributed by atoms with Crippen molar-refractivity contribution in [2.45, 2.75) is 13.5 Å². The van der Waals surface area contributed by atoms with E-state index < -0.39 is 0 Å². The first-order valence-electron chi connectivity index (χ1n) is 6.56. The van der Waals surface area contributed by atoms with E-state index >= 15 is 0 Å². The number of rotatable bonds is 3. The summed E-state index contributed by atoms with van der Waals surface area (Å²) in [4.78, 5) is 4.29. The van der Waals surface area contributed by atoms with Crippen molar-refractivity contribution in [3.8, 4) is 0 Å². The molecule has 3 aromatic rings. The monoisotopic (exact) mass is 282 g/mol. The number of nitrogens with zero attached hydrogens (tertiary/aromatic N) is 1. The molecule has 0 aliphatic rings.